The highest BCUT2D eigenvalue weighted by Crippen LogP contribution is 2.14. The van der Waals surface area contributed by atoms with Crippen molar-refractivity contribution in [3.05, 3.63) is 71.8 Å². The van der Waals surface area contributed by atoms with E-state index in [9.17, 15) is 9.59 Å². The first kappa shape index (κ1) is 22.0. The molecular formula is C24H30N2O4. The van der Waals surface area contributed by atoms with Gasteiger partial charge in [0.05, 0.1) is 6.61 Å². The van der Waals surface area contributed by atoms with Crippen LogP contribution in [0, 0.1) is 0 Å². The lowest BCUT2D eigenvalue weighted by Gasteiger charge is -2.32. The first-order chi connectivity index (χ1) is 14.6. The number of esters is 1. The summed E-state index contributed by atoms with van der Waals surface area (Å²) in [4.78, 5) is 29.6. The SMILES string of the molecule is CCN1CCO[C@H](C(=O)O[C@@H](C)C(=O)N(Cc2ccccc2)Cc2ccccc2)C1. The van der Waals surface area contributed by atoms with Crippen LogP contribution in [0.3, 0.4) is 0 Å². The van der Waals surface area contributed by atoms with Crippen molar-refractivity contribution >= 4 is 11.9 Å². The molecule has 2 atom stereocenters. The van der Waals surface area contributed by atoms with E-state index in [1.54, 1.807) is 11.8 Å². The minimum Gasteiger partial charge on any atom is -0.451 e. The van der Waals surface area contributed by atoms with Gasteiger partial charge in [-0.1, -0.05) is 67.6 Å². The van der Waals surface area contributed by atoms with E-state index >= 15 is 0 Å². The van der Waals surface area contributed by atoms with Crippen molar-refractivity contribution in [3.63, 3.8) is 0 Å². The Balaban J connectivity index is 1.67. The van der Waals surface area contributed by atoms with Gasteiger partial charge in [0.2, 0.25) is 0 Å². The summed E-state index contributed by atoms with van der Waals surface area (Å²) in [7, 11) is 0. The molecule has 6 heteroatoms. The van der Waals surface area contributed by atoms with Crippen molar-refractivity contribution in [2.45, 2.75) is 39.1 Å². The molecule has 0 saturated carbocycles. The molecular weight excluding hydrogens is 380 g/mol. The summed E-state index contributed by atoms with van der Waals surface area (Å²) in [6, 6.07) is 19.6. The third-order valence-electron chi connectivity index (χ3n) is 5.25. The molecule has 1 amide bonds. The third kappa shape index (κ3) is 6.15. The van der Waals surface area contributed by atoms with Crippen LogP contribution in [0.25, 0.3) is 0 Å². The summed E-state index contributed by atoms with van der Waals surface area (Å²) in [6.07, 6.45) is -1.53. The van der Waals surface area contributed by atoms with Crippen molar-refractivity contribution < 1.29 is 19.1 Å². The Bertz CT molecular complexity index is 771. The lowest BCUT2D eigenvalue weighted by atomic mass is 10.1. The van der Waals surface area contributed by atoms with Crippen molar-refractivity contribution in [2.24, 2.45) is 0 Å². The first-order valence-corrected chi connectivity index (χ1v) is 10.5. The Labute approximate surface area is 178 Å². The maximum atomic E-state index is 13.2. The zero-order chi connectivity index (χ0) is 21.3. The van der Waals surface area contributed by atoms with Gasteiger partial charge < -0.3 is 14.4 Å². The molecule has 6 nitrogen and oxygen atoms in total. The Hall–Kier alpha value is -2.70. The molecule has 1 aliphatic heterocycles. The molecule has 0 aliphatic carbocycles. The van der Waals surface area contributed by atoms with Crippen molar-refractivity contribution in [2.75, 3.05) is 26.2 Å². The van der Waals surface area contributed by atoms with Gasteiger partial charge in [-0.2, -0.15) is 0 Å². The Kier molecular flexibility index (Phi) is 7.99. The van der Waals surface area contributed by atoms with Gasteiger partial charge in [-0.3, -0.25) is 9.69 Å². The first-order valence-electron chi connectivity index (χ1n) is 10.5. The van der Waals surface area contributed by atoms with Crippen molar-refractivity contribution in [1.82, 2.24) is 9.80 Å². The average molecular weight is 411 g/mol. The van der Waals surface area contributed by atoms with Crippen LogP contribution in [0.5, 0.6) is 0 Å². The van der Waals surface area contributed by atoms with Crippen LogP contribution in [-0.2, 0) is 32.2 Å². The highest BCUT2D eigenvalue weighted by molar-refractivity contribution is 5.84. The van der Waals surface area contributed by atoms with E-state index < -0.39 is 18.2 Å². The fraction of sp³-hybridized carbons (Fsp3) is 0.417. The normalized spacial score (nSPS) is 17.9. The van der Waals surface area contributed by atoms with Gasteiger partial charge in [0.1, 0.15) is 0 Å². The number of rotatable bonds is 8. The van der Waals surface area contributed by atoms with Gasteiger partial charge >= 0.3 is 5.97 Å². The molecule has 1 heterocycles. The summed E-state index contributed by atoms with van der Waals surface area (Å²) >= 11 is 0. The van der Waals surface area contributed by atoms with E-state index in [0.717, 1.165) is 24.2 Å². The molecule has 0 bridgehead atoms. The molecule has 0 unspecified atom stereocenters. The number of carbonyl (C=O) groups is 2. The largest absolute Gasteiger partial charge is 0.451 e. The van der Waals surface area contributed by atoms with E-state index in [1.165, 1.54) is 0 Å². The predicted octanol–water partition coefficient (Wildman–Crippen LogP) is 2.87. The quantitative estimate of drug-likeness (QED) is 0.627. The summed E-state index contributed by atoms with van der Waals surface area (Å²) in [5.41, 5.74) is 2.05. The van der Waals surface area contributed by atoms with Gasteiger partial charge in [-0.05, 0) is 24.6 Å². The van der Waals surface area contributed by atoms with Gasteiger partial charge in [0, 0.05) is 26.2 Å². The van der Waals surface area contributed by atoms with Crippen molar-refractivity contribution in [1.29, 1.82) is 0 Å². The molecule has 2 aromatic carbocycles. The molecule has 0 N–H and O–H groups in total. The minimum atomic E-state index is -0.884. The van der Waals surface area contributed by atoms with Crippen LogP contribution in [-0.4, -0.2) is 60.1 Å². The summed E-state index contributed by atoms with van der Waals surface area (Å²) in [6.45, 7) is 7.20. The molecule has 0 radical (unpaired) electrons. The maximum absolute atomic E-state index is 13.2. The molecule has 1 saturated heterocycles. The highest BCUT2D eigenvalue weighted by Gasteiger charge is 2.31. The van der Waals surface area contributed by atoms with E-state index in [2.05, 4.69) is 4.90 Å². The number of carbonyl (C=O) groups excluding carboxylic acids is 2. The number of benzene rings is 2. The number of likely N-dealkylation sites (N-methyl/N-ethyl adjacent to an activating group) is 1. The molecule has 1 fully saturated rings. The van der Waals surface area contributed by atoms with E-state index in [4.69, 9.17) is 9.47 Å². The smallest absolute Gasteiger partial charge is 0.337 e. The molecule has 30 heavy (non-hydrogen) atoms. The summed E-state index contributed by atoms with van der Waals surface area (Å²) in [5, 5.41) is 0. The number of morpholine rings is 1. The number of hydrogen-bond acceptors (Lipinski definition) is 5. The molecule has 160 valence electrons. The van der Waals surface area contributed by atoms with Crippen LogP contribution in [0.2, 0.25) is 0 Å². The van der Waals surface area contributed by atoms with Crippen LogP contribution in [0.4, 0.5) is 0 Å². The van der Waals surface area contributed by atoms with Crippen molar-refractivity contribution in [3.8, 4) is 0 Å². The Morgan fingerprint density at radius 1 is 1.07 bits per heavy atom. The third-order valence-corrected chi connectivity index (χ3v) is 5.25. The number of nitrogens with zero attached hydrogens (tertiary/aromatic N) is 2. The fourth-order valence-electron chi connectivity index (χ4n) is 3.51. The summed E-state index contributed by atoms with van der Waals surface area (Å²) in [5.74, 6) is -0.701. The summed E-state index contributed by atoms with van der Waals surface area (Å²) < 4.78 is 11.1. The molecule has 3 rings (SSSR count). The van der Waals surface area contributed by atoms with E-state index in [1.807, 2.05) is 67.6 Å². The van der Waals surface area contributed by atoms with E-state index in [0.29, 0.717) is 26.2 Å². The second kappa shape index (κ2) is 10.9. The fourth-order valence-corrected chi connectivity index (χ4v) is 3.51. The van der Waals surface area contributed by atoms with Gasteiger partial charge in [0.25, 0.3) is 5.91 Å². The molecule has 0 spiro atoms. The highest BCUT2D eigenvalue weighted by atomic mass is 16.6. The Morgan fingerprint density at radius 3 is 2.17 bits per heavy atom. The zero-order valence-electron chi connectivity index (χ0n) is 17.7. The topological polar surface area (TPSA) is 59.1 Å². The molecule has 1 aliphatic rings. The lowest BCUT2D eigenvalue weighted by molar-refractivity contribution is -0.173. The van der Waals surface area contributed by atoms with Gasteiger partial charge in [-0.15, -0.1) is 0 Å². The average Bonchev–Trinajstić information content (AvgIpc) is 2.79. The number of ether oxygens (including phenoxy) is 2. The van der Waals surface area contributed by atoms with Crippen LogP contribution in [0.1, 0.15) is 25.0 Å². The second-order valence-electron chi connectivity index (χ2n) is 7.50. The number of hydrogen-bond donors (Lipinski definition) is 0. The Morgan fingerprint density at radius 2 is 1.63 bits per heavy atom. The minimum absolute atomic E-state index is 0.223. The maximum Gasteiger partial charge on any atom is 0.337 e. The lowest BCUT2D eigenvalue weighted by Crippen LogP contribution is -2.48. The number of amides is 1. The van der Waals surface area contributed by atoms with Gasteiger partial charge in [-0.25, -0.2) is 4.79 Å². The molecule has 0 aromatic heterocycles. The van der Waals surface area contributed by atoms with Gasteiger partial charge in [0.15, 0.2) is 12.2 Å². The van der Waals surface area contributed by atoms with Crippen LogP contribution < -0.4 is 0 Å². The monoisotopic (exact) mass is 410 g/mol. The molecule has 2 aromatic rings. The standard InChI is InChI=1S/C24H30N2O4/c1-3-25-14-15-29-22(18-25)24(28)30-19(2)23(27)26(16-20-10-6-4-7-11-20)17-21-12-8-5-9-13-21/h4-13,19,22H,3,14-18H2,1-2H3/t19-,22-/m0/s1. The van der Waals surface area contributed by atoms with Crippen LogP contribution >= 0.6 is 0 Å². The van der Waals surface area contributed by atoms with E-state index in [-0.39, 0.29) is 5.91 Å². The second-order valence-corrected chi connectivity index (χ2v) is 7.50. The van der Waals surface area contributed by atoms with Crippen LogP contribution in [0.15, 0.2) is 60.7 Å². The zero-order valence-corrected chi connectivity index (χ0v) is 17.7. The predicted molar refractivity (Wildman–Crippen MR) is 115 cm³/mol.